The van der Waals surface area contributed by atoms with Crippen LogP contribution < -0.4 is 5.32 Å². The summed E-state index contributed by atoms with van der Waals surface area (Å²) in [5.74, 6) is 0. The molecule has 17 heavy (non-hydrogen) atoms. The number of piperazine rings is 1. The Morgan fingerprint density at radius 2 is 1.88 bits per heavy atom. The number of hydrogen-bond acceptors (Lipinski definition) is 2. The number of aryl methyl sites for hydroxylation is 1. The fourth-order valence-electron chi connectivity index (χ4n) is 2.56. The summed E-state index contributed by atoms with van der Waals surface area (Å²) in [5.41, 5.74) is 1.42. The van der Waals surface area contributed by atoms with E-state index in [2.05, 4.69) is 52.4 Å². The van der Waals surface area contributed by atoms with Gasteiger partial charge in [0.05, 0.1) is 0 Å². The first-order valence-electron chi connectivity index (χ1n) is 6.29. The second-order valence-electron chi connectivity index (χ2n) is 4.91. The van der Waals surface area contributed by atoms with Crippen molar-refractivity contribution in [2.24, 2.45) is 7.05 Å². The Balaban J connectivity index is 1.79. The van der Waals surface area contributed by atoms with E-state index in [0.717, 1.165) is 32.7 Å². The monoisotopic (exact) mass is 229 g/mol. The summed E-state index contributed by atoms with van der Waals surface area (Å²) in [6.07, 6.45) is 4.36. The van der Waals surface area contributed by atoms with Gasteiger partial charge in [-0.25, -0.2) is 0 Å². The van der Waals surface area contributed by atoms with Crippen LogP contribution in [0.15, 0.2) is 30.6 Å². The average Bonchev–Trinajstić information content (AvgIpc) is 2.70. The highest BCUT2D eigenvalue weighted by Gasteiger charge is 2.10. The summed E-state index contributed by atoms with van der Waals surface area (Å²) in [5, 5.41) is 6.07. The van der Waals surface area contributed by atoms with Gasteiger partial charge in [0.2, 0.25) is 0 Å². The van der Waals surface area contributed by atoms with Crippen molar-refractivity contribution < 1.29 is 0 Å². The van der Waals surface area contributed by atoms with E-state index in [-0.39, 0.29) is 0 Å². The predicted molar refractivity (Wildman–Crippen MR) is 71.1 cm³/mol. The van der Waals surface area contributed by atoms with Gasteiger partial charge in [-0.05, 0) is 22.4 Å². The fraction of sp³-hybridized carbons (Fsp3) is 0.429. The first-order valence-corrected chi connectivity index (χ1v) is 6.29. The van der Waals surface area contributed by atoms with Gasteiger partial charge in [-0.15, -0.1) is 0 Å². The topological polar surface area (TPSA) is 20.2 Å². The van der Waals surface area contributed by atoms with Crippen molar-refractivity contribution in [1.29, 1.82) is 0 Å². The van der Waals surface area contributed by atoms with Crippen LogP contribution in [0.1, 0.15) is 5.56 Å². The Hall–Kier alpha value is -1.32. The molecule has 1 aliphatic heterocycles. The number of nitrogens with zero attached hydrogens (tertiary/aromatic N) is 2. The maximum absolute atomic E-state index is 3.39. The lowest BCUT2D eigenvalue weighted by Crippen LogP contribution is -2.42. The third kappa shape index (κ3) is 2.35. The van der Waals surface area contributed by atoms with E-state index in [1.165, 1.54) is 16.3 Å². The van der Waals surface area contributed by atoms with Crippen molar-refractivity contribution in [2.75, 3.05) is 26.2 Å². The molecular formula is C14H19N3. The number of fused-ring (bicyclic) bond motifs is 1. The lowest BCUT2D eigenvalue weighted by Gasteiger charge is -2.27. The predicted octanol–water partition coefficient (Wildman–Crippen LogP) is 1.58. The van der Waals surface area contributed by atoms with Gasteiger partial charge in [0.15, 0.2) is 0 Å². The molecule has 2 heterocycles. The van der Waals surface area contributed by atoms with Crippen LogP contribution in [0.5, 0.6) is 0 Å². The van der Waals surface area contributed by atoms with Gasteiger partial charge in [-0.2, -0.15) is 0 Å². The van der Waals surface area contributed by atoms with E-state index in [1.807, 2.05) is 0 Å². The number of nitrogens with one attached hydrogen (secondary N) is 1. The number of benzene rings is 1. The number of hydrogen-bond donors (Lipinski definition) is 1. The number of aromatic nitrogens is 1. The quantitative estimate of drug-likeness (QED) is 0.844. The van der Waals surface area contributed by atoms with Crippen molar-refractivity contribution in [3.05, 3.63) is 36.2 Å². The molecule has 1 aromatic carbocycles. The van der Waals surface area contributed by atoms with Crippen LogP contribution in [0, 0.1) is 0 Å². The van der Waals surface area contributed by atoms with E-state index in [9.17, 15) is 0 Å². The zero-order valence-electron chi connectivity index (χ0n) is 10.3. The van der Waals surface area contributed by atoms with Crippen molar-refractivity contribution >= 4 is 10.8 Å². The van der Waals surface area contributed by atoms with E-state index in [4.69, 9.17) is 0 Å². The third-order valence-corrected chi connectivity index (χ3v) is 3.45. The summed E-state index contributed by atoms with van der Waals surface area (Å²) < 4.78 is 2.12. The van der Waals surface area contributed by atoms with Crippen LogP contribution >= 0.6 is 0 Å². The molecule has 3 heteroatoms. The van der Waals surface area contributed by atoms with Crippen molar-refractivity contribution in [3.8, 4) is 0 Å². The molecule has 2 aromatic rings. The summed E-state index contributed by atoms with van der Waals surface area (Å²) in [7, 11) is 2.08. The molecule has 1 aliphatic rings. The first kappa shape index (κ1) is 10.8. The molecule has 3 rings (SSSR count). The molecule has 0 aliphatic carbocycles. The van der Waals surface area contributed by atoms with Crippen LogP contribution in [0.4, 0.5) is 0 Å². The minimum Gasteiger partial charge on any atom is -0.356 e. The minimum absolute atomic E-state index is 1.08. The molecule has 1 aromatic heterocycles. The molecule has 0 radical (unpaired) electrons. The standard InChI is InChI=1S/C14H19N3/c1-16-10-13-3-2-12(8-14(13)11-16)9-17-6-4-15-5-7-17/h2-3,8,10-11,15H,4-7,9H2,1H3. The van der Waals surface area contributed by atoms with Crippen LogP contribution in [-0.2, 0) is 13.6 Å². The molecule has 0 saturated carbocycles. The van der Waals surface area contributed by atoms with Gasteiger partial charge in [-0.1, -0.05) is 12.1 Å². The summed E-state index contributed by atoms with van der Waals surface area (Å²) in [6.45, 7) is 5.63. The second-order valence-corrected chi connectivity index (χ2v) is 4.91. The van der Waals surface area contributed by atoms with Crippen LogP contribution in [0.25, 0.3) is 10.8 Å². The first-order chi connectivity index (χ1) is 8.31. The fourth-order valence-corrected chi connectivity index (χ4v) is 2.56. The van der Waals surface area contributed by atoms with E-state index >= 15 is 0 Å². The lowest BCUT2D eigenvalue weighted by atomic mass is 10.1. The summed E-state index contributed by atoms with van der Waals surface area (Å²) in [4.78, 5) is 2.51. The molecular weight excluding hydrogens is 210 g/mol. The summed E-state index contributed by atoms with van der Waals surface area (Å²) in [6, 6.07) is 6.80. The summed E-state index contributed by atoms with van der Waals surface area (Å²) >= 11 is 0. The van der Waals surface area contributed by atoms with E-state index in [0.29, 0.717) is 0 Å². The zero-order valence-corrected chi connectivity index (χ0v) is 10.3. The second kappa shape index (κ2) is 4.51. The van der Waals surface area contributed by atoms with Crippen molar-refractivity contribution in [3.63, 3.8) is 0 Å². The van der Waals surface area contributed by atoms with Gasteiger partial charge < -0.3 is 9.88 Å². The third-order valence-electron chi connectivity index (χ3n) is 3.45. The molecule has 1 fully saturated rings. The Morgan fingerprint density at radius 3 is 2.71 bits per heavy atom. The molecule has 1 N–H and O–H groups in total. The smallest absolute Gasteiger partial charge is 0.0235 e. The van der Waals surface area contributed by atoms with Crippen LogP contribution in [0.2, 0.25) is 0 Å². The Labute approximate surface area is 102 Å². The van der Waals surface area contributed by atoms with Gasteiger partial charge in [0.25, 0.3) is 0 Å². The molecule has 3 nitrogen and oxygen atoms in total. The molecule has 0 atom stereocenters. The minimum atomic E-state index is 1.08. The zero-order chi connectivity index (χ0) is 11.7. The van der Waals surface area contributed by atoms with E-state index < -0.39 is 0 Å². The number of rotatable bonds is 2. The lowest BCUT2D eigenvalue weighted by molar-refractivity contribution is 0.233. The van der Waals surface area contributed by atoms with E-state index in [1.54, 1.807) is 0 Å². The molecule has 0 spiro atoms. The molecule has 0 bridgehead atoms. The SMILES string of the molecule is Cn1cc2ccc(CN3CCNCC3)cc2c1. The van der Waals surface area contributed by atoms with Crippen LogP contribution in [-0.4, -0.2) is 35.6 Å². The Bertz CT molecular complexity index is 509. The maximum atomic E-state index is 3.39. The van der Waals surface area contributed by atoms with Gasteiger partial charge in [0, 0.05) is 52.2 Å². The molecule has 90 valence electrons. The normalized spacial score (nSPS) is 17.7. The van der Waals surface area contributed by atoms with Crippen molar-refractivity contribution in [2.45, 2.75) is 6.54 Å². The van der Waals surface area contributed by atoms with Crippen LogP contribution in [0.3, 0.4) is 0 Å². The molecule has 1 saturated heterocycles. The van der Waals surface area contributed by atoms with Crippen molar-refractivity contribution in [1.82, 2.24) is 14.8 Å². The average molecular weight is 229 g/mol. The van der Waals surface area contributed by atoms with Gasteiger partial charge in [-0.3, -0.25) is 4.90 Å². The van der Waals surface area contributed by atoms with Gasteiger partial charge >= 0.3 is 0 Å². The maximum Gasteiger partial charge on any atom is 0.0235 e. The highest BCUT2D eigenvalue weighted by atomic mass is 15.2. The Morgan fingerprint density at radius 1 is 1.12 bits per heavy atom. The largest absolute Gasteiger partial charge is 0.356 e. The highest BCUT2D eigenvalue weighted by molar-refractivity contribution is 5.82. The molecule has 0 amide bonds. The molecule has 0 unspecified atom stereocenters. The Kier molecular flexibility index (Phi) is 2.87. The highest BCUT2D eigenvalue weighted by Crippen LogP contribution is 2.17. The van der Waals surface area contributed by atoms with Gasteiger partial charge in [0.1, 0.15) is 0 Å².